The molecule has 1 saturated heterocycles. The van der Waals surface area contributed by atoms with Gasteiger partial charge in [-0.3, -0.25) is 9.69 Å². The number of amides is 1. The number of nitriles is 1. The zero-order valence-corrected chi connectivity index (χ0v) is 7.84. The largest absolute Gasteiger partial charge is 0.405 e. The monoisotopic (exact) mass is 221 g/mol. The highest BCUT2D eigenvalue weighted by atomic mass is 19.4. The molecular weight excluding hydrogens is 211 g/mol. The van der Waals surface area contributed by atoms with Crippen LogP contribution in [0.5, 0.6) is 0 Å². The van der Waals surface area contributed by atoms with Gasteiger partial charge >= 0.3 is 6.18 Å². The summed E-state index contributed by atoms with van der Waals surface area (Å²) in [6, 6.07) is 1.21. The topological polar surface area (TPSA) is 56.1 Å². The summed E-state index contributed by atoms with van der Waals surface area (Å²) in [5.74, 6) is -2.33. The fourth-order valence-corrected chi connectivity index (χ4v) is 1.32. The standard InChI is InChI=1S/C8H10F3N3O/c9-8(10,11)6(3-12)4-14-2-1-13-7(15)5-14/h6H,1-2,4-5H2,(H,13,15). The lowest BCUT2D eigenvalue weighted by atomic mass is 10.1. The first kappa shape index (κ1) is 11.8. The third-order valence-corrected chi connectivity index (χ3v) is 2.11. The number of carbonyl (C=O) groups excluding carboxylic acids is 1. The number of halogens is 3. The third kappa shape index (κ3) is 3.40. The predicted octanol–water partition coefficient (Wildman–Crippen LogP) is 0.120. The summed E-state index contributed by atoms with van der Waals surface area (Å²) in [4.78, 5) is 12.2. The number of carbonyl (C=O) groups is 1. The highest BCUT2D eigenvalue weighted by Crippen LogP contribution is 2.26. The molecule has 1 N–H and O–H groups in total. The molecule has 7 heteroatoms. The molecule has 4 nitrogen and oxygen atoms in total. The van der Waals surface area contributed by atoms with Gasteiger partial charge in [-0.05, 0) is 0 Å². The fourth-order valence-electron chi connectivity index (χ4n) is 1.32. The summed E-state index contributed by atoms with van der Waals surface area (Å²) in [5, 5.41) is 10.9. The van der Waals surface area contributed by atoms with Gasteiger partial charge < -0.3 is 5.32 Å². The number of hydrogen-bond acceptors (Lipinski definition) is 3. The van der Waals surface area contributed by atoms with Crippen molar-refractivity contribution in [3.05, 3.63) is 0 Å². The molecule has 1 heterocycles. The average molecular weight is 221 g/mol. The van der Waals surface area contributed by atoms with E-state index in [-0.39, 0.29) is 12.5 Å². The Labute approximate surface area is 84.6 Å². The van der Waals surface area contributed by atoms with Crippen LogP contribution in [0.25, 0.3) is 0 Å². The first-order valence-corrected chi connectivity index (χ1v) is 4.39. The molecule has 0 bridgehead atoms. The van der Waals surface area contributed by atoms with E-state index in [0.717, 1.165) is 0 Å². The van der Waals surface area contributed by atoms with Crippen molar-refractivity contribution in [2.24, 2.45) is 5.92 Å². The molecule has 1 unspecified atom stereocenters. The van der Waals surface area contributed by atoms with E-state index in [1.165, 1.54) is 11.0 Å². The SMILES string of the molecule is N#CC(CN1CCNC(=O)C1)C(F)(F)F. The Morgan fingerprint density at radius 1 is 1.60 bits per heavy atom. The highest BCUT2D eigenvalue weighted by Gasteiger charge is 2.41. The Morgan fingerprint density at radius 3 is 2.73 bits per heavy atom. The van der Waals surface area contributed by atoms with E-state index in [0.29, 0.717) is 13.1 Å². The number of piperazine rings is 1. The van der Waals surface area contributed by atoms with Gasteiger partial charge in [-0.15, -0.1) is 0 Å². The van der Waals surface area contributed by atoms with Crippen LogP contribution in [0.3, 0.4) is 0 Å². The van der Waals surface area contributed by atoms with Crippen LogP contribution < -0.4 is 5.32 Å². The molecule has 0 saturated carbocycles. The summed E-state index contributed by atoms with van der Waals surface area (Å²) in [6.07, 6.45) is -4.53. The maximum atomic E-state index is 12.2. The number of rotatable bonds is 2. The molecule has 84 valence electrons. The van der Waals surface area contributed by atoms with E-state index in [1.54, 1.807) is 0 Å². The zero-order chi connectivity index (χ0) is 11.5. The Kier molecular flexibility index (Phi) is 3.52. The van der Waals surface area contributed by atoms with E-state index < -0.39 is 18.6 Å². The van der Waals surface area contributed by atoms with Gasteiger partial charge in [0.25, 0.3) is 0 Å². The summed E-state index contributed by atoms with van der Waals surface area (Å²) in [6.45, 7) is 0.163. The Bertz CT molecular complexity index is 284. The van der Waals surface area contributed by atoms with E-state index in [2.05, 4.69) is 5.32 Å². The minimum Gasteiger partial charge on any atom is -0.354 e. The van der Waals surface area contributed by atoms with Gasteiger partial charge in [0.1, 0.15) is 0 Å². The molecule has 1 fully saturated rings. The Balaban J connectivity index is 2.52. The molecule has 1 atom stereocenters. The minimum absolute atomic E-state index is 0.0751. The number of alkyl halides is 3. The quantitative estimate of drug-likeness (QED) is 0.720. The maximum absolute atomic E-state index is 12.2. The third-order valence-electron chi connectivity index (χ3n) is 2.11. The molecular formula is C8H10F3N3O. The van der Waals surface area contributed by atoms with E-state index >= 15 is 0 Å². The van der Waals surface area contributed by atoms with Crippen LogP contribution in [0.2, 0.25) is 0 Å². The van der Waals surface area contributed by atoms with Crippen molar-refractivity contribution < 1.29 is 18.0 Å². The summed E-state index contributed by atoms with van der Waals surface area (Å²) >= 11 is 0. The molecule has 0 aromatic carbocycles. The van der Waals surface area contributed by atoms with Crippen LogP contribution >= 0.6 is 0 Å². The van der Waals surface area contributed by atoms with Crippen LogP contribution in [-0.4, -0.2) is 43.2 Å². The molecule has 0 aromatic heterocycles. The normalized spacial score (nSPS) is 20.5. The number of nitrogens with one attached hydrogen (secondary N) is 1. The lowest BCUT2D eigenvalue weighted by Gasteiger charge is -2.28. The second-order valence-electron chi connectivity index (χ2n) is 3.31. The van der Waals surface area contributed by atoms with Crippen molar-refractivity contribution in [3.8, 4) is 6.07 Å². The first-order valence-electron chi connectivity index (χ1n) is 4.39. The van der Waals surface area contributed by atoms with E-state index in [9.17, 15) is 18.0 Å². The van der Waals surface area contributed by atoms with Crippen LogP contribution in [0.15, 0.2) is 0 Å². The first-order chi connectivity index (χ1) is 6.93. The van der Waals surface area contributed by atoms with Crippen LogP contribution in [0.4, 0.5) is 13.2 Å². The van der Waals surface area contributed by atoms with Crippen LogP contribution in [0, 0.1) is 17.2 Å². The van der Waals surface area contributed by atoms with Crippen molar-refractivity contribution in [3.63, 3.8) is 0 Å². The van der Waals surface area contributed by atoms with E-state index in [1.807, 2.05) is 0 Å². The maximum Gasteiger partial charge on any atom is 0.405 e. The van der Waals surface area contributed by atoms with Crippen LogP contribution in [0.1, 0.15) is 0 Å². The van der Waals surface area contributed by atoms with Crippen LogP contribution in [-0.2, 0) is 4.79 Å². The van der Waals surface area contributed by atoms with Gasteiger partial charge in [0.2, 0.25) is 5.91 Å². The van der Waals surface area contributed by atoms with Crippen molar-refractivity contribution >= 4 is 5.91 Å². The summed E-state index contributed by atoms with van der Waals surface area (Å²) < 4.78 is 36.7. The molecule has 1 aliphatic heterocycles. The molecule has 0 radical (unpaired) electrons. The van der Waals surface area contributed by atoms with Gasteiger partial charge in [-0.2, -0.15) is 18.4 Å². The van der Waals surface area contributed by atoms with Crippen molar-refractivity contribution in [1.82, 2.24) is 10.2 Å². The zero-order valence-electron chi connectivity index (χ0n) is 7.84. The molecule has 1 rings (SSSR count). The minimum atomic E-state index is -4.53. The lowest BCUT2D eigenvalue weighted by molar-refractivity contribution is -0.164. The van der Waals surface area contributed by atoms with Crippen molar-refractivity contribution in [1.29, 1.82) is 5.26 Å². The molecule has 0 spiro atoms. The number of nitrogens with zero attached hydrogens (tertiary/aromatic N) is 2. The van der Waals surface area contributed by atoms with Gasteiger partial charge in [-0.1, -0.05) is 0 Å². The van der Waals surface area contributed by atoms with Gasteiger partial charge in [0.05, 0.1) is 12.6 Å². The second kappa shape index (κ2) is 4.49. The second-order valence-corrected chi connectivity index (χ2v) is 3.31. The average Bonchev–Trinajstić information content (AvgIpc) is 2.12. The Morgan fingerprint density at radius 2 is 2.27 bits per heavy atom. The predicted molar refractivity (Wildman–Crippen MR) is 44.6 cm³/mol. The lowest BCUT2D eigenvalue weighted by Crippen LogP contribution is -2.50. The van der Waals surface area contributed by atoms with Gasteiger partial charge in [-0.25, -0.2) is 0 Å². The molecule has 1 aliphatic rings. The molecule has 1 amide bonds. The summed E-state index contributed by atoms with van der Waals surface area (Å²) in [7, 11) is 0. The van der Waals surface area contributed by atoms with Crippen molar-refractivity contribution in [2.45, 2.75) is 6.18 Å². The van der Waals surface area contributed by atoms with E-state index in [4.69, 9.17) is 5.26 Å². The van der Waals surface area contributed by atoms with Gasteiger partial charge in [0, 0.05) is 19.6 Å². The van der Waals surface area contributed by atoms with Gasteiger partial charge in [0.15, 0.2) is 5.92 Å². The molecule has 0 aliphatic carbocycles. The molecule has 0 aromatic rings. The Hall–Kier alpha value is -1.29. The summed E-state index contributed by atoms with van der Waals surface area (Å²) in [5.41, 5.74) is 0. The fraction of sp³-hybridized carbons (Fsp3) is 0.750. The number of hydrogen-bond donors (Lipinski definition) is 1. The smallest absolute Gasteiger partial charge is 0.354 e. The van der Waals surface area contributed by atoms with Crippen molar-refractivity contribution in [2.75, 3.05) is 26.2 Å². The highest BCUT2D eigenvalue weighted by molar-refractivity contribution is 5.78. The molecule has 15 heavy (non-hydrogen) atoms.